The van der Waals surface area contributed by atoms with Gasteiger partial charge in [0.05, 0.1) is 10.3 Å². The van der Waals surface area contributed by atoms with Crippen LogP contribution in [0.4, 0.5) is 0 Å². The van der Waals surface area contributed by atoms with E-state index >= 15 is 0 Å². The van der Waals surface area contributed by atoms with Crippen LogP contribution >= 0.6 is 11.6 Å². The van der Waals surface area contributed by atoms with E-state index in [1.54, 1.807) is 42.5 Å². The van der Waals surface area contributed by atoms with E-state index in [0.717, 1.165) is 12.0 Å². The average Bonchev–Trinajstić information content (AvgIpc) is 2.48. The highest BCUT2D eigenvalue weighted by atomic mass is 35.5. The van der Waals surface area contributed by atoms with Crippen molar-refractivity contribution >= 4 is 27.5 Å². The molecule has 23 heavy (non-hydrogen) atoms. The molecule has 0 heterocycles. The Labute approximate surface area is 140 Å². The van der Waals surface area contributed by atoms with Gasteiger partial charge < -0.3 is 0 Å². The van der Waals surface area contributed by atoms with Gasteiger partial charge in [-0.15, -0.1) is 0 Å². The predicted molar refractivity (Wildman–Crippen MR) is 88.8 cm³/mol. The number of rotatable bonds is 4. The SMILES string of the molecule is O=C(NS(=O)(=O)c1ccccc1)C1(c2ccc(Cl)cc2)CCC1. The van der Waals surface area contributed by atoms with Gasteiger partial charge >= 0.3 is 0 Å². The largest absolute Gasteiger partial charge is 0.273 e. The zero-order valence-electron chi connectivity index (χ0n) is 12.3. The summed E-state index contributed by atoms with van der Waals surface area (Å²) in [5.74, 6) is -0.477. The molecule has 0 saturated heterocycles. The predicted octanol–water partition coefficient (Wildman–Crippen LogP) is 3.27. The molecule has 3 rings (SSSR count). The van der Waals surface area contributed by atoms with E-state index in [-0.39, 0.29) is 4.90 Å². The second kappa shape index (κ2) is 5.98. The minimum atomic E-state index is -3.86. The maximum atomic E-state index is 12.7. The molecular weight excluding hydrogens is 334 g/mol. The lowest BCUT2D eigenvalue weighted by atomic mass is 9.64. The molecule has 0 radical (unpaired) electrons. The van der Waals surface area contributed by atoms with Crippen molar-refractivity contribution in [1.82, 2.24) is 4.72 Å². The van der Waals surface area contributed by atoms with Gasteiger partial charge in [-0.1, -0.05) is 48.4 Å². The summed E-state index contributed by atoms with van der Waals surface area (Å²) in [6.45, 7) is 0. The van der Waals surface area contributed by atoms with Gasteiger partial charge in [-0.05, 0) is 42.7 Å². The zero-order valence-corrected chi connectivity index (χ0v) is 13.9. The second-order valence-corrected chi connectivity index (χ2v) is 7.81. The normalized spacial score (nSPS) is 16.4. The van der Waals surface area contributed by atoms with Gasteiger partial charge in [-0.25, -0.2) is 13.1 Å². The molecule has 1 N–H and O–H groups in total. The molecule has 120 valence electrons. The lowest BCUT2D eigenvalue weighted by molar-refractivity contribution is -0.128. The minimum absolute atomic E-state index is 0.0823. The van der Waals surface area contributed by atoms with E-state index in [0.29, 0.717) is 17.9 Å². The Kier molecular flexibility index (Phi) is 4.17. The summed E-state index contributed by atoms with van der Waals surface area (Å²) in [5.41, 5.74) is 0.0146. The highest BCUT2D eigenvalue weighted by Crippen LogP contribution is 2.44. The lowest BCUT2D eigenvalue weighted by Crippen LogP contribution is -2.50. The molecule has 0 atom stereocenters. The summed E-state index contributed by atoms with van der Waals surface area (Å²) in [4.78, 5) is 12.8. The Morgan fingerprint density at radius 2 is 1.61 bits per heavy atom. The fourth-order valence-electron chi connectivity index (χ4n) is 2.82. The maximum Gasteiger partial charge on any atom is 0.264 e. The summed E-state index contributed by atoms with van der Waals surface area (Å²) < 4.78 is 27.0. The third kappa shape index (κ3) is 2.99. The topological polar surface area (TPSA) is 63.2 Å². The Morgan fingerprint density at radius 1 is 1.00 bits per heavy atom. The van der Waals surface area contributed by atoms with E-state index in [9.17, 15) is 13.2 Å². The summed E-state index contributed by atoms with van der Waals surface area (Å²) in [5, 5.41) is 0.584. The maximum absolute atomic E-state index is 12.7. The quantitative estimate of drug-likeness (QED) is 0.921. The molecule has 1 saturated carbocycles. The number of halogens is 1. The summed E-state index contributed by atoms with van der Waals surface area (Å²) in [6, 6.07) is 14.9. The van der Waals surface area contributed by atoms with Gasteiger partial charge in [0.2, 0.25) is 5.91 Å². The Bertz CT molecular complexity index is 813. The molecule has 0 bridgehead atoms. The van der Waals surface area contributed by atoms with Crippen molar-refractivity contribution in [3.63, 3.8) is 0 Å². The molecule has 0 aliphatic heterocycles. The van der Waals surface area contributed by atoms with Crippen molar-refractivity contribution in [2.24, 2.45) is 0 Å². The third-order valence-corrected chi connectivity index (χ3v) is 5.92. The van der Waals surface area contributed by atoms with Crippen molar-refractivity contribution in [3.8, 4) is 0 Å². The van der Waals surface area contributed by atoms with Crippen LogP contribution in [0.1, 0.15) is 24.8 Å². The zero-order chi connectivity index (χ0) is 16.5. The highest BCUT2D eigenvalue weighted by molar-refractivity contribution is 7.90. The monoisotopic (exact) mass is 349 g/mol. The molecule has 1 fully saturated rings. The van der Waals surface area contributed by atoms with Crippen molar-refractivity contribution in [2.45, 2.75) is 29.6 Å². The van der Waals surface area contributed by atoms with Crippen LogP contribution in [-0.4, -0.2) is 14.3 Å². The standard InChI is InChI=1S/C17H16ClNO3S/c18-14-9-7-13(8-10-14)17(11-4-12-17)16(20)19-23(21,22)15-5-2-1-3-6-15/h1-3,5-10H,4,11-12H2,(H,19,20). The fraction of sp³-hybridized carbons (Fsp3) is 0.235. The number of benzene rings is 2. The molecule has 2 aromatic carbocycles. The lowest BCUT2D eigenvalue weighted by Gasteiger charge is -2.40. The van der Waals surface area contributed by atoms with E-state index < -0.39 is 21.3 Å². The van der Waals surface area contributed by atoms with E-state index in [4.69, 9.17) is 11.6 Å². The van der Waals surface area contributed by atoms with Crippen LogP contribution in [0.15, 0.2) is 59.5 Å². The van der Waals surface area contributed by atoms with Crippen LogP contribution in [0.2, 0.25) is 5.02 Å². The van der Waals surface area contributed by atoms with Crippen LogP contribution in [0.3, 0.4) is 0 Å². The number of amides is 1. The first-order valence-electron chi connectivity index (χ1n) is 7.32. The summed E-state index contributed by atoms with van der Waals surface area (Å²) in [6.07, 6.45) is 2.15. The number of carbonyl (C=O) groups is 1. The molecule has 0 aromatic heterocycles. The van der Waals surface area contributed by atoms with E-state index in [1.165, 1.54) is 12.1 Å². The van der Waals surface area contributed by atoms with Gasteiger partial charge in [0.15, 0.2) is 0 Å². The number of carbonyl (C=O) groups excluding carboxylic acids is 1. The Balaban J connectivity index is 1.88. The summed E-state index contributed by atoms with van der Waals surface area (Å²) >= 11 is 5.89. The first-order chi connectivity index (χ1) is 10.9. The van der Waals surface area contributed by atoms with Crippen molar-refractivity contribution in [1.29, 1.82) is 0 Å². The van der Waals surface area contributed by atoms with Gasteiger partial charge in [-0.3, -0.25) is 4.79 Å². The molecule has 0 spiro atoms. The van der Waals surface area contributed by atoms with Gasteiger partial charge in [0, 0.05) is 5.02 Å². The van der Waals surface area contributed by atoms with E-state index in [1.807, 2.05) is 0 Å². The molecule has 1 aliphatic carbocycles. The third-order valence-electron chi connectivity index (χ3n) is 4.32. The molecule has 4 nitrogen and oxygen atoms in total. The highest BCUT2D eigenvalue weighted by Gasteiger charge is 2.46. The Morgan fingerprint density at radius 3 is 2.13 bits per heavy atom. The van der Waals surface area contributed by atoms with Gasteiger partial charge in [0.1, 0.15) is 0 Å². The molecule has 6 heteroatoms. The molecule has 1 aliphatic rings. The first kappa shape index (κ1) is 16.0. The molecule has 0 unspecified atom stereocenters. The molecule has 1 amide bonds. The van der Waals surface area contributed by atoms with Crippen LogP contribution in [0.5, 0.6) is 0 Å². The number of sulfonamides is 1. The van der Waals surface area contributed by atoms with Crippen molar-refractivity contribution in [3.05, 3.63) is 65.2 Å². The number of nitrogens with one attached hydrogen (secondary N) is 1. The van der Waals surface area contributed by atoms with Crippen LogP contribution < -0.4 is 4.72 Å². The summed E-state index contributed by atoms with van der Waals surface area (Å²) in [7, 11) is -3.86. The van der Waals surface area contributed by atoms with Crippen molar-refractivity contribution < 1.29 is 13.2 Å². The van der Waals surface area contributed by atoms with Crippen LogP contribution in [0.25, 0.3) is 0 Å². The Hall–Kier alpha value is -1.85. The minimum Gasteiger partial charge on any atom is -0.273 e. The molecular formula is C17H16ClNO3S. The fourth-order valence-corrected chi connectivity index (χ4v) is 4.02. The molecule has 2 aromatic rings. The number of hydrogen-bond acceptors (Lipinski definition) is 3. The second-order valence-electron chi connectivity index (χ2n) is 5.69. The smallest absolute Gasteiger partial charge is 0.264 e. The van der Waals surface area contributed by atoms with Crippen molar-refractivity contribution in [2.75, 3.05) is 0 Å². The first-order valence-corrected chi connectivity index (χ1v) is 9.18. The van der Waals surface area contributed by atoms with Crippen LogP contribution in [0, 0.1) is 0 Å². The number of hydrogen-bond donors (Lipinski definition) is 1. The van der Waals surface area contributed by atoms with Gasteiger partial charge in [0.25, 0.3) is 10.0 Å². The van der Waals surface area contributed by atoms with Crippen LogP contribution in [-0.2, 0) is 20.2 Å². The van der Waals surface area contributed by atoms with E-state index in [2.05, 4.69) is 4.72 Å². The average molecular weight is 350 g/mol. The van der Waals surface area contributed by atoms with Gasteiger partial charge in [-0.2, -0.15) is 0 Å².